The van der Waals surface area contributed by atoms with Crippen molar-refractivity contribution in [3.63, 3.8) is 0 Å². The molecule has 1 aliphatic heterocycles. The SMILES string of the molecule is C=CC(=O)N1CCN(c2cccc(C)c2)C(C)C1. The number of rotatable bonds is 2. The zero-order chi connectivity index (χ0) is 13.1. The lowest BCUT2D eigenvalue weighted by Gasteiger charge is -2.41. The largest absolute Gasteiger partial charge is 0.365 e. The van der Waals surface area contributed by atoms with Crippen molar-refractivity contribution in [3.8, 4) is 0 Å². The van der Waals surface area contributed by atoms with Crippen LogP contribution in [0.3, 0.4) is 0 Å². The number of piperazine rings is 1. The molecular formula is C15H20N2O. The molecule has 0 aliphatic carbocycles. The Hall–Kier alpha value is -1.77. The predicted molar refractivity (Wildman–Crippen MR) is 74.8 cm³/mol. The van der Waals surface area contributed by atoms with Gasteiger partial charge in [-0.3, -0.25) is 4.79 Å². The van der Waals surface area contributed by atoms with E-state index in [1.807, 2.05) is 4.90 Å². The lowest BCUT2D eigenvalue weighted by atomic mass is 10.1. The molecule has 1 aromatic rings. The van der Waals surface area contributed by atoms with Gasteiger partial charge in [0.15, 0.2) is 0 Å². The van der Waals surface area contributed by atoms with Gasteiger partial charge in [-0.2, -0.15) is 0 Å². The molecule has 1 heterocycles. The van der Waals surface area contributed by atoms with Crippen molar-refractivity contribution < 1.29 is 4.79 Å². The first kappa shape index (κ1) is 12.7. The van der Waals surface area contributed by atoms with E-state index in [0.717, 1.165) is 19.6 Å². The molecule has 96 valence electrons. The van der Waals surface area contributed by atoms with Crippen LogP contribution in [-0.2, 0) is 4.79 Å². The van der Waals surface area contributed by atoms with Crippen LogP contribution in [-0.4, -0.2) is 36.5 Å². The van der Waals surface area contributed by atoms with Gasteiger partial charge in [-0.05, 0) is 37.6 Å². The molecule has 0 bridgehead atoms. The monoisotopic (exact) mass is 244 g/mol. The minimum atomic E-state index is 0.0331. The molecule has 0 radical (unpaired) electrons. The Bertz CT molecular complexity index is 456. The molecule has 2 rings (SSSR count). The van der Waals surface area contributed by atoms with Gasteiger partial charge in [0.2, 0.25) is 5.91 Å². The second kappa shape index (κ2) is 5.25. The van der Waals surface area contributed by atoms with Crippen LogP contribution in [0.1, 0.15) is 12.5 Å². The summed E-state index contributed by atoms with van der Waals surface area (Å²) in [7, 11) is 0. The van der Waals surface area contributed by atoms with Crippen molar-refractivity contribution in [2.24, 2.45) is 0 Å². The van der Waals surface area contributed by atoms with Crippen LogP contribution >= 0.6 is 0 Å². The van der Waals surface area contributed by atoms with Crippen molar-refractivity contribution in [2.75, 3.05) is 24.5 Å². The number of hydrogen-bond acceptors (Lipinski definition) is 2. The van der Waals surface area contributed by atoms with E-state index in [0.29, 0.717) is 6.04 Å². The van der Waals surface area contributed by atoms with Crippen LogP contribution < -0.4 is 4.90 Å². The van der Waals surface area contributed by atoms with Gasteiger partial charge >= 0.3 is 0 Å². The Balaban J connectivity index is 2.10. The van der Waals surface area contributed by atoms with E-state index in [1.54, 1.807) is 0 Å². The molecule has 1 amide bonds. The third kappa shape index (κ3) is 2.55. The molecule has 3 nitrogen and oxygen atoms in total. The second-order valence-electron chi connectivity index (χ2n) is 4.87. The van der Waals surface area contributed by atoms with Gasteiger partial charge in [-0.15, -0.1) is 0 Å². The van der Waals surface area contributed by atoms with Crippen molar-refractivity contribution in [2.45, 2.75) is 19.9 Å². The molecule has 1 atom stereocenters. The summed E-state index contributed by atoms with van der Waals surface area (Å²) >= 11 is 0. The van der Waals surface area contributed by atoms with Gasteiger partial charge in [0.1, 0.15) is 0 Å². The number of nitrogens with zero attached hydrogens (tertiary/aromatic N) is 2. The molecule has 1 unspecified atom stereocenters. The summed E-state index contributed by atoms with van der Waals surface area (Å²) in [5, 5.41) is 0. The Morgan fingerprint density at radius 2 is 2.22 bits per heavy atom. The molecule has 1 fully saturated rings. The highest BCUT2D eigenvalue weighted by molar-refractivity contribution is 5.87. The molecule has 1 aliphatic rings. The van der Waals surface area contributed by atoms with Crippen LogP contribution in [0.2, 0.25) is 0 Å². The third-order valence-electron chi connectivity index (χ3n) is 3.45. The lowest BCUT2D eigenvalue weighted by Crippen LogP contribution is -2.53. The minimum absolute atomic E-state index is 0.0331. The van der Waals surface area contributed by atoms with Crippen molar-refractivity contribution in [1.29, 1.82) is 0 Å². The van der Waals surface area contributed by atoms with Gasteiger partial charge in [0, 0.05) is 31.4 Å². The van der Waals surface area contributed by atoms with E-state index < -0.39 is 0 Å². The summed E-state index contributed by atoms with van der Waals surface area (Å²) in [5.74, 6) is 0.0331. The average Bonchev–Trinajstić information content (AvgIpc) is 2.37. The van der Waals surface area contributed by atoms with Crippen molar-refractivity contribution >= 4 is 11.6 Å². The van der Waals surface area contributed by atoms with Gasteiger partial charge in [-0.1, -0.05) is 18.7 Å². The first-order chi connectivity index (χ1) is 8.61. The summed E-state index contributed by atoms with van der Waals surface area (Å²) in [5.41, 5.74) is 2.51. The fourth-order valence-electron chi connectivity index (χ4n) is 2.48. The molecule has 0 saturated carbocycles. The maximum absolute atomic E-state index is 11.6. The fraction of sp³-hybridized carbons (Fsp3) is 0.400. The fourth-order valence-corrected chi connectivity index (χ4v) is 2.48. The van der Waals surface area contributed by atoms with Gasteiger partial charge in [0.25, 0.3) is 0 Å². The van der Waals surface area contributed by atoms with Gasteiger partial charge in [0.05, 0.1) is 0 Å². The molecule has 3 heteroatoms. The van der Waals surface area contributed by atoms with Crippen LogP contribution in [0.4, 0.5) is 5.69 Å². The van der Waals surface area contributed by atoms with Gasteiger partial charge < -0.3 is 9.80 Å². The number of benzene rings is 1. The minimum Gasteiger partial charge on any atom is -0.365 e. The number of amides is 1. The Kier molecular flexibility index (Phi) is 3.70. The van der Waals surface area contributed by atoms with E-state index in [4.69, 9.17) is 0 Å². The van der Waals surface area contributed by atoms with Crippen molar-refractivity contribution in [1.82, 2.24) is 4.90 Å². The molecule has 1 saturated heterocycles. The maximum atomic E-state index is 11.6. The summed E-state index contributed by atoms with van der Waals surface area (Å²) in [6.07, 6.45) is 1.40. The van der Waals surface area contributed by atoms with Crippen molar-refractivity contribution in [3.05, 3.63) is 42.5 Å². The molecular weight excluding hydrogens is 224 g/mol. The molecule has 0 N–H and O–H groups in total. The Morgan fingerprint density at radius 1 is 1.44 bits per heavy atom. The lowest BCUT2D eigenvalue weighted by molar-refractivity contribution is -0.126. The smallest absolute Gasteiger partial charge is 0.246 e. The van der Waals surface area contributed by atoms with E-state index >= 15 is 0 Å². The second-order valence-corrected chi connectivity index (χ2v) is 4.87. The quantitative estimate of drug-likeness (QED) is 0.745. The number of carbonyl (C=O) groups excluding carboxylic acids is 1. The molecule has 0 aromatic heterocycles. The topological polar surface area (TPSA) is 23.6 Å². The molecule has 18 heavy (non-hydrogen) atoms. The number of hydrogen-bond donors (Lipinski definition) is 0. The number of anilines is 1. The van der Waals surface area contributed by atoms with E-state index in [2.05, 4.69) is 49.6 Å². The first-order valence-electron chi connectivity index (χ1n) is 6.36. The summed E-state index contributed by atoms with van der Waals surface area (Å²) < 4.78 is 0. The third-order valence-corrected chi connectivity index (χ3v) is 3.45. The van der Waals surface area contributed by atoms with Gasteiger partial charge in [-0.25, -0.2) is 0 Å². The predicted octanol–water partition coefficient (Wildman–Crippen LogP) is 2.22. The first-order valence-corrected chi connectivity index (χ1v) is 6.36. The number of aryl methyl sites for hydroxylation is 1. The Morgan fingerprint density at radius 3 is 2.83 bits per heavy atom. The normalized spacial score (nSPS) is 19.8. The van der Waals surface area contributed by atoms with Crippen LogP contribution in [0.5, 0.6) is 0 Å². The van der Waals surface area contributed by atoms with Crippen LogP contribution in [0, 0.1) is 6.92 Å². The Labute approximate surface area is 109 Å². The highest BCUT2D eigenvalue weighted by Crippen LogP contribution is 2.21. The zero-order valence-corrected chi connectivity index (χ0v) is 11.1. The molecule has 1 aromatic carbocycles. The average molecular weight is 244 g/mol. The summed E-state index contributed by atoms with van der Waals surface area (Å²) in [6.45, 7) is 10.2. The van der Waals surface area contributed by atoms with Crippen LogP contribution in [0.25, 0.3) is 0 Å². The standard InChI is InChI=1S/C15H20N2O/c1-4-15(18)16-8-9-17(13(3)11-16)14-7-5-6-12(2)10-14/h4-7,10,13H,1,8-9,11H2,2-3H3. The highest BCUT2D eigenvalue weighted by Gasteiger charge is 2.25. The molecule has 0 spiro atoms. The van der Waals surface area contributed by atoms with E-state index in [9.17, 15) is 4.79 Å². The van der Waals surface area contributed by atoms with Crippen LogP contribution in [0.15, 0.2) is 36.9 Å². The number of carbonyl (C=O) groups is 1. The summed E-state index contributed by atoms with van der Waals surface area (Å²) in [6, 6.07) is 8.85. The maximum Gasteiger partial charge on any atom is 0.246 e. The zero-order valence-electron chi connectivity index (χ0n) is 11.1. The van der Waals surface area contributed by atoms with E-state index in [-0.39, 0.29) is 5.91 Å². The highest BCUT2D eigenvalue weighted by atomic mass is 16.2. The summed E-state index contributed by atoms with van der Waals surface area (Å²) in [4.78, 5) is 15.8. The van der Waals surface area contributed by atoms with E-state index in [1.165, 1.54) is 17.3 Å².